The van der Waals surface area contributed by atoms with Crippen LogP contribution in [-0.4, -0.2) is 11.7 Å². The van der Waals surface area contributed by atoms with Gasteiger partial charge in [-0.25, -0.2) is 0 Å². The molecule has 0 bridgehead atoms. The number of ether oxygens (including phenoxy) is 1. The third-order valence-corrected chi connectivity index (χ3v) is 3.00. The zero-order valence-corrected chi connectivity index (χ0v) is 11.0. The van der Waals surface area contributed by atoms with E-state index in [1.54, 1.807) is 22.9 Å². The van der Waals surface area contributed by atoms with E-state index in [1.807, 2.05) is 24.3 Å². The molecular formula is C13H12BrNO2. The molecule has 0 aliphatic rings. The Morgan fingerprint density at radius 1 is 1.24 bits per heavy atom. The molecule has 0 unspecified atom stereocenters. The van der Waals surface area contributed by atoms with E-state index in [4.69, 9.17) is 4.74 Å². The molecule has 3 nitrogen and oxygen atoms in total. The van der Waals surface area contributed by atoms with Gasteiger partial charge in [0.1, 0.15) is 0 Å². The van der Waals surface area contributed by atoms with Crippen molar-refractivity contribution in [3.63, 3.8) is 0 Å². The maximum absolute atomic E-state index is 11.9. The quantitative estimate of drug-likeness (QED) is 0.871. The first-order valence-electron chi connectivity index (χ1n) is 5.18. The molecule has 0 amide bonds. The Balaban J connectivity index is 2.30. The number of halogens is 1. The molecule has 1 aromatic carbocycles. The van der Waals surface area contributed by atoms with E-state index >= 15 is 0 Å². The van der Waals surface area contributed by atoms with Crippen LogP contribution in [0.25, 0.3) is 0 Å². The molecule has 0 atom stereocenters. The van der Waals surface area contributed by atoms with Crippen molar-refractivity contribution in [2.45, 2.75) is 6.54 Å². The van der Waals surface area contributed by atoms with Crippen LogP contribution in [0.1, 0.15) is 5.56 Å². The highest BCUT2D eigenvalue weighted by molar-refractivity contribution is 9.10. The number of hydrogen-bond acceptors (Lipinski definition) is 2. The molecule has 0 aliphatic heterocycles. The highest BCUT2D eigenvalue weighted by atomic mass is 79.9. The lowest BCUT2D eigenvalue weighted by Crippen LogP contribution is -2.20. The average molecular weight is 294 g/mol. The number of aromatic nitrogens is 1. The summed E-state index contributed by atoms with van der Waals surface area (Å²) in [4.78, 5) is 11.9. The summed E-state index contributed by atoms with van der Waals surface area (Å²) in [6.45, 7) is 0.545. The number of rotatable bonds is 3. The molecule has 0 radical (unpaired) electrons. The first-order chi connectivity index (χ1) is 8.20. The molecule has 17 heavy (non-hydrogen) atoms. The van der Waals surface area contributed by atoms with Crippen molar-refractivity contribution in [2.75, 3.05) is 7.11 Å². The summed E-state index contributed by atoms with van der Waals surface area (Å²) in [5.74, 6) is 0.365. The molecule has 0 aliphatic carbocycles. The van der Waals surface area contributed by atoms with Gasteiger partial charge < -0.3 is 9.30 Å². The fourth-order valence-corrected chi connectivity index (χ4v) is 1.85. The van der Waals surface area contributed by atoms with Crippen LogP contribution in [0.15, 0.2) is 51.9 Å². The Hall–Kier alpha value is -1.55. The minimum Gasteiger partial charge on any atom is -0.491 e. The summed E-state index contributed by atoms with van der Waals surface area (Å²) in [6, 6.07) is 11.4. The fraction of sp³-hybridized carbons (Fsp3) is 0.154. The van der Waals surface area contributed by atoms with E-state index in [9.17, 15) is 4.79 Å². The smallest absolute Gasteiger partial charge is 0.293 e. The largest absolute Gasteiger partial charge is 0.491 e. The summed E-state index contributed by atoms with van der Waals surface area (Å²) in [5.41, 5.74) is 0.960. The van der Waals surface area contributed by atoms with Gasteiger partial charge in [-0.15, -0.1) is 0 Å². The highest BCUT2D eigenvalue weighted by Gasteiger charge is 2.03. The van der Waals surface area contributed by atoms with Gasteiger partial charge in [0.25, 0.3) is 5.56 Å². The van der Waals surface area contributed by atoms with Crippen molar-refractivity contribution < 1.29 is 4.74 Å². The van der Waals surface area contributed by atoms with Crippen molar-refractivity contribution >= 4 is 15.9 Å². The van der Waals surface area contributed by atoms with Crippen molar-refractivity contribution in [1.29, 1.82) is 0 Å². The van der Waals surface area contributed by atoms with E-state index in [0.717, 1.165) is 10.0 Å². The molecule has 0 saturated carbocycles. The minimum atomic E-state index is -0.113. The fourth-order valence-electron chi connectivity index (χ4n) is 1.58. The molecule has 4 heteroatoms. The molecule has 1 aromatic heterocycles. The Labute approximate surface area is 108 Å². The van der Waals surface area contributed by atoms with Gasteiger partial charge in [-0.1, -0.05) is 28.1 Å². The predicted octanol–water partition coefficient (Wildman–Crippen LogP) is 2.67. The molecule has 0 fully saturated rings. The number of hydrogen-bond donors (Lipinski definition) is 0. The number of methoxy groups -OCH3 is 1. The van der Waals surface area contributed by atoms with Crippen molar-refractivity contribution in [2.24, 2.45) is 0 Å². The second-order valence-corrected chi connectivity index (χ2v) is 4.55. The lowest BCUT2D eigenvalue weighted by Gasteiger charge is -2.07. The Bertz CT molecular complexity index is 560. The maximum Gasteiger partial charge on any atom is 0.293 e. The predicted molar refractivity (Wildman–Crippen MR) is 70.5 cm³/mol. The Kier molecular flexibility index (Phi) is 3.64. The average Bonchev–Trinajstić information content (AvgIpc) is 2.35. The van der Waals surface area contributed by atoms with Crippen molar-refractivity contribution in [1.82, 2.24) is 4.57 Å². The summed E-state index contributed by atoms with van der Waals surface area (Å²) in [6.07, 6.45) is 1.76. The van der Waals surface area contributed by atoms with Gasteiger partial charge in [0.2, 0.25) is 0 Å². The number of nitrogens with zero attached hydrogens (tertiary/aromatic N) is 1. The second kappa shape index (κ2) is 5.19. The van der Waals surface area contributed by atoms with E-state index in [1.165, 1.54) is 7.11 Å². The molecule has 2 aromatic rings. The molecule has 0 spiro atoms. The molecule has 88 valence electrons. The van der Waals surface area contributed by atoms with E-state index in [2.05, 4.69) is 15.9 Å². The van der Waals surface area contributed by atoms with Crippen LogP contribution < -0.4 is 10.3 Å². The third kappa shape index (κ3) is 2.77. The minimum absolute atomic E-state index is 0.113. The molecular weight excluding hydrogens is 282 g/mol. The van der Waals surface area contributed by atoms with E-state index in [-0.39, 0.29) is 5.56 Å². The molecule has 1 heterocycles. The highest BCUT2D eigenvalue weighted by Crippen LogP contribution is 2.11. The maximum atomic E-state index is 11.9. The Morgan fingerprint density at radius 3 is 2.59 bits per heavy atom. The topological polar surface area (TPSA) is 31.2 Å². The van der Waals surface area contributed by atoms with E-state index in [0.29, 0.717) is 12.3 Å². The van der Waals surface area contributed by atoms with Gasteiger partial charge in [0.05, 0.1) is 13.7 Å². The van der Waals surface area contributed by atoms with Gasteiger partial charge in [0.15, 0.2) is 5.75 Å². The van der Waals surface area contributed by atoms with Crippen LogP contribution in [0.3, 0.4) is 0 Å². The number of pyridine rings is 1. The normalized spacial score (nSPS) is 10.2. The standard InChI is InChI=1S/C13H12BrNO2/c1-17-12-3-2-8-15(13(12)16)9-10-4-6-11(14)7-5-10/h2-8H,9H2,1H3. The Morgan fingerprint density at radius 2 is 1.94 bits per heavy atom. The van der Waals surface area contributed by atoms with Crippen LogP contribution >= 0.6 is 15.9 Å². The molecule has 2 rings (SSSR count). The second-order valence-electron chi connectivity index (χ2n) is 3.64. The first kappa shape index (κ1) is 11.9. The lowest BCUT2D eigenvalue weighted by molar-refractivity contribution is 0.403. The van der Waals surface area contributed by atoms with Crippen LogP contribution in [0.5, 0.6) is 5.75 Å². The lowest BCUT2D eigenvalue weighted by atomic mass is 10.2. The van der Waals surface area contributed by atoms with Crippen molar-refractivity contribution in [3.8, 4) is 5.75 Å². The zero-order chi connectivity index (χ0) is 12.3. The molecule has 0 N–H and O–H groups in total. The van der Waals surface area contributed by atoms with Gasteiger partial charge >= 0.3 is 0 Å². The summed E-state index contributed by atoms with van der Waals surface area (Å²) < 4.78 is 7.66. The van der Waals surface area contributed by atoms with Crippen LogP contribution in [0.4, 0.5) is 0 Å². The number of benzene rings is 1. The third-order valence-electron chi connectivity index (χ3n) is 2.47. The van der Waals surface area contributed by atoms with Crippen molar-refractivity contribution in [3.05, 3.63) is 63.0 Å². The zero-order valence-electron chi connectivity index (χ0n) is 9.39. The van der Waals surface area contributed by atoms with Crippen LogP contribution in [-0.2, 0) is 6.54 Å². The first-order valence-corrected chi connectivity index (χ1v) is 5.98. The van der Waals surface area contributed by atoms with Gasteiger partial charge in [-0.3, -0.25) is 4.79 Å². The van der Waals surface area contributed by atoms with Crippen LogP contribution in [0.2, 0.25) is 0 Å². The summed E-state index contributed by atoms with van der Waals surface area (Å²) in [5, 5.41) is 0. The van der Waals surface area contributed by atoms with Gasteiger partial charge in [-0.2, -0.15) is 0 Å². The van der Waals surface area contributed by atoms with Gasteiger partial charge in [0, 0.05) is 10.7 Å². The van der Waals surface area contributed by atoms with Crippen LogP contribution in [0, 0.1) is 0 Å². The molecule has 0 saturated heterocycles. The summed E-state index contributed by atoms with van der Waals surface area (Å²) >= 11 is 3.38. The SMILES string of the molecule is COc1cccn(Cc2ccc(Br)cc2)c1=O. The summed E-state index contributed by atoms with van der Waals surface area (Å²) in [7, 11) is 1.50. The van der Waals surface area contributed by atoms with Gasteiger partial charge in [-0.05, 0) is 29.8 Å². The monoisotopic (exact) mass is 293 g/mol. The van der Waals surface area contributed by atoms with E-state index < -0.39 is 0 Å².